The van der Waals surface area contributed by atoms with Gasteiger partial charge in [0.2, 0.25) is 10.0 Å². The summed E-state index contributed by atoms with van der Waals surface area (Å²) in [7, 11) is -1.90. The van der Waals surface area contributed by atoms with Gasteiger partial charge in [-0.1, -0.05) is 23.7 Å². The Labute approximate surface area is 185 Å². The minimum atomic E-state index is -3.34. The lowest BCUT2D eigenvalue weighted by Gasteiger charge is -2.30. The molecule has 1 aliphatic rings. The molecule has 2 amide bonds. The van der Waals surface area contributed by atoms with Crippen LogP contribution in [0.5, 0.6) is 0 Å². The second kappa shape index (κ2) is 9.21. The number of sulfonamides is 1. The highest BCUT2D eigenvalue weighted by molar-refractivity contribution is 7.88. The van der Waals surface area contributed by atoms with Crippen molar-refractivity contribution in [3.8, 4) is 0 Å². The third kappa shape index (κ3) is 5.33. The fourth-order valence-corrected chi connectivity index (χ4v) is 3.70. The minimum absolute atomic E-state index is 0.0456. The molecule has 0 fully saturated rings. The molecule has 0 atom stereocenters. The van der Waals surface area contributed by atoms with Gasteiger partial charge >= 0.3 is 0 Å². The number of halogens is 1. The molecule has 1 N–H and O–H groups in total. The summed E-state index contributed by atoms with van der Waals surface area (Å²) in [5, 5.41) is 3.28. The molecule has 0 bridgehead atoms. The van der Waals surface area contributed by atoms with E-state index < -0.39 is 21.5 Å². The molecular formula is C20H23ClN4O5S. The van der Waals surface area contributed by atoms with Crippen molar-refractivity contribution in [1.82, 2.24) is 19.1 Å². The molecule has 0 unspecified atom stereocenters. The highest BCUT2D eigenvalue weighted by atomic mass is 35.5. The summed E-state index contributed by atoms with van der Waals surface area (Å²) in [6.45, 7) is 1.07. The van der Waals surface area contributed by atoms with Gasteiger partial charge in [0, 0.05) is 44.8 Å². The van der Waals surface area contributed by atoms with E-state index in [4.69, 9.17) is 11.6 Å². The third-order valence-corrected chi connectivity index (χ3v) is 6.70. The Kier molecular flexibility index (Phi) is 6.83. The van der Waals surface area contributed by atoms with Crippen LogP contribution < -0.4 is 10.9 Å². The second-order valence-corrected chi connectivity index (χ2v) is 9.80. The van der Waals surface area contributed by atoms with Crippen LogP contribution in [0, 0.1) is 0 Å². The van der Waals surface area contributed by atoms with E-state index in [1.165, 1.54) is 28.6 Å². The van der Waals surface area contributed by atoms with Crippen molar-refractivity contribution < 1.29 is 18.0 Å². The molecule has 11 heteroatoms. The van der Waals surface area contributed by atoms with E-state index in [1.54, 1.807) is 24.3 Å². The monoisotopic (exact) mass is 466 g/mol. The van der Waals surface area contributed by atoms with Crippen molar-refractivity contribution in [3.63, 3.8) is 0 Å². The van der Waals surface area contributed by atoms with E-state index in [1.807, 2.05) is 0 Å². The van der Waals surface area contributed by atoms with Gasteiger partial charge in [-0.05, 0) is 29.8 Å². The average Bonchev–Trinajstić information content (AvgIpc) is 2.72. The first-order chi connectivity index (χ1) is 14.6. The summed E-state index contributed by atoms with van der Waals surface area (Å²) in [5.74, 6) is -0.904. The number of benzene rings is 1. The Hall–Kier alpha value is -2.69. The Balaban J connectivity index is 1.70. The fourth-order valence-electron chi connectivity index (χ4n) is 3.16. The largest absolute Gasteiger partial charge is 0.348 e. The van der Waals surface area contributed by atoms with E-state index in [2.05, 4.69) is 5.32 Å². The van der Waals surface area contributed by atoms with Crippen molar-refractivity contribution in [2.24, 2.45) is 0 Å². The summed E-state index contributed by atoms with van der Waals surface area (Å²) < 4.78 is 25.5. The molecule has 0 radical (unpaired) electrons. The van der Waals surface area contributed by atoms with Gasteiger partial charge < -0.3 is 14.8 Å². The molecule has 2 aromatic rings. The Bertz CT molecular complexity index is 1160. The summed E-state index contributed by atoms with van der Waals surface area (Å²) >= 11 is 5.84. The van der Waals surface area contributed by atoms with Crippen molar-refractivity contribution >= 4 is 33.4 Å². The fraction of sp³-hybridized carbons (Fsp3) is 0.350. The van der Waals surface area contributed by atoms with Gasteiger partial charge in [0.25, 0.3) is 17.4 Å². The number of rotatable bonds is 7. The molecule has 0 saturated carbocycles. The van der Waals surface area contributed by atoms with Crippen LogP contribution in [-0.4, -0.2) is 66.9 Å². The van der Waals surface area contributed by atoms with Crippen LogP contribution in [0.3, 0.4) is 0 Å². The first-order valence-electron chi connectivity index (χ1n) is 9.55. The zero-order valence-electron chi connectivity index (χ0n) is 17.2. The molecule has 166 valence electrons. The van der Waals surface area contributed by atoms with Crippen molar-refractivity contribution in [1.29, 1.82) is 0 Å². The number of aromatic nitrogens is 1. The van der Waals surface area contributed by atoms with Crippen LogP contribution in [0.1, 0.15) is 26.4 Å². The number of hydrogen-bond acceptors (Lipinski definition) is 5. The molecule has 0 spiro atoms. The molecule has 1 aromatic heterocycles. The first kappa shape index (κ1) is 23.0. The zero-order valence-corrected chi connectivity index (χ0v) is 18.7. The number of nitrogens with zero attached hydrogens (tertiary/aromatic N) is 3. The predicted molar refractivity (Wildman–Crippen MR) is 117 cm³/mol. The highest BCUT2D eigenvalue weighted by Gasteiger charge is 2.27. The smallest absolute Gasteiger partial charge is 0.270 e. The summed E-state index contributed by atoms with van der Waals surface area (Å²) in [6, 6.07) is 9.76. The Morgan fingerprint density at radius 3 is 2.45 bits per heavy atom. The van der Waals surface area contributed by atoms with E-state index in [-0.39, 0.29) is 49.9 Å². The number of carbonyl (C=O) groups excluding carboxylic acids is 2. The molecule has 2 heterocycles. The molecule has 1 aliphatic heterocycles. The van der Waals surface area contributed by atoms with Crippen LogP contribution in [0.25, 0.3) is 0 Å². The third-order valence-electron chi connectivity index (χ3n) is 5.14. The van der Waals surface area contributed by atoms with Gasteiger partial charge in [0.15, 0.2) is 0 Å². The van der Waals surface area contributed by atoms with Crippen LogP contribution in [0.2, 0.25) is 5.02 Å². The van der Waals surface area contributed by atoms with Crippen LogP contribution in [0.4, 0.5) is 0 Å². The quantitative estimate of drug-likeness (QED) is 0.648. The molecule has 1 aromatic carbocycles. The van der Waals surface area contributed by atoms with E-state index in [9.17, 15) is 22.8 Å². The lowest BCUT2D eigenvalue weighted by molar-refractivity contribution is 0.0693. The van der Waals surface area contributed by atoms with Gasteiger partial charge in [-0.15, -0.1) is 0 Å². The van der Waals surface area contributed by atoms with Gasteiger partial charge in [-0.25, -0.2) is 12.7 Å². The second-order valence-electron chi connectivity index (χ2n) is 7.27. The van der Waals surface area contributed by atoms with Crippen LogP contribution >= 0.6 is 11.6 Å². The van der Waals surface area contributed by atoms with E-state index >= 15 is 0 Å². The number of pyridine rings is 1. The van der Waals surface area contributed by atoms with Crippen molar-refractivity contribution in [2.45, 2.75) is 13.1 Å². The maximum atomic E-state index is 12.8. The van der Waals surface area contributed by atoms with E-state index in [0.717, 1.165) is 16.1 Å². The van der Waals surface area contributed by atoms with Crippen LogP contribution in [-0.2, 0) is 23.1 Å². The van der Waals surface area contributed by atoms with Crippen molar-refractivity contribution in [2.75, 3.05) is 32.9 Å². The molecule has 9 nitrogen and oxygen atoms in total. The normalized spacial score (nSPS) is 13.9. The van der Waals surface area contributed by atoms with Gasteiger partial charge in [-0.3, -0.25) is 14.4 Å². The maximum Gasteiger partial charge on any atom is 0.270 e. The van der Waals surface area contributed by atoms with Gasteiger partial charge in [-0.2, -0.15) is 0 Å². The first-order valence-corrected chi connectivity index (χ1v) is 11.8. The summed E-state index contributed by atoms with van der Waals surface area (Å²) in [5.41, 5.74) is 0.427. The molecular weight excluding hydrogens is 444 g/mol. The van der Waals surface area contributed by atoms with Gasteiger partial charge in [0.05, 0.1) is 6.26 Å². The van der Waals surface area contributed by atoms with Crippen molar-refractivity contribution in [3.05, 3.63) is 68.6 Å². The number of carbonyl (C=O) groups is 2. The topological polar surface area (TPSA) is 109 Å². The molecule has 3 rings (SSSR count). The predicted octanol–water partition coefficient (Wildman–Crippen LogP) is 0.779. The number of fused-ring (bicyclic) bond motifs is 1. The lowest BCUT2D eigenvalue weighted by Crippen LogP contribution is -2.48. The number of likely N-dealkylation sites (N-methyl/N-ethyl adjacent to an activating group) is 1. The molecule has 31 heavy (non-hydrogen) atoms. The Morgan fingerprint density at radius 1 is 1.13 bits per heavy atom. The minimum Gasteiger partial charge on any atom is -0.348 e. The number of hydrogen-bond donors (Lipinski definition) is 1. The zero-order chi connectivity index (χ0) is 22.8. The average molecular weight is 467 g/mol. The summed E-state index contributed by atoms with van der Waals surface area (Å²) in [4.78, 5) is 39.5. The number of nitrogens with one attached hydrogen (secondary N) is 1. The van der Waals surface area contributed by atoms with Crippen LogP contribution in [0.15, 0.2) is 41.2 Å². The summed E-state index contributed by atoms with van der Waals surface area (Å²) in [6.07, 6.45) is 1.10. The highest BCUT2D eigenvalue weighted by Crippen LogP contribution is 2.12. The lowest BCUT2D eigenvalue weighted by atomic mass is 10.1. The Morgan fingerprint density at radius 2 is 1.81 bits per heavy atom. The SMILES string of the molecule is CN(CCN1CCn2c(ccc(C(=O)NCc3ccc(Cl)cc3)c2=O)C1=O)S(C)(=O)=O. The molecule has 0 saturated heterocycles. The van der Waals surface area contributed by atoms with Gasteiger partial charge in [0.1, 0.15) is 11.3 Å². The molecule has 0 aliphatic carbocycles. The maximum absolute atomic E-state index is 12.8. The van der Waals surface area contributed by atoms with E-state index in [0.29, 0.717) is 5.02 Å². The number of amides is 2. The standard InChI is InChI=1S/C20H23ClN4O5S/c1-23(31(2,29)30)9-10-24-11-12-25-17(20(24)28)8-7-16(19(25)27)18(26)22-13-14-3-5-15(21)6-4-14/h3-8H,9-13H2,1-2H3,(H,22,26).